The average Bonchev–Trinajstić information content (AvgIpc) is 2.22. The second-order valence-corrected chi connectivity index (χ2v) is 4.83. The number of fused-ring (bicyclic) bond motifs is 1. The van der Waals surface area contributed by atoms with Crippen LogP contribution in [0.3, 0.4) is 0 Å². The molecule has 0 saturated carbocycles. The molecule has 16 heavy (non-hydrogen) atoms. The lowest BCUT2D eigenvalue weighted by atomic mass is 10.1. The van der Waals surface area contributed by atoms with Gasteiger partial charge in [-0.25, -0.2) is 4.39 Å². The number of nitrogens with zero attached hydrogens (tertiary/aromatic N) is 1. The van der Waals surface area contributed by atoms with Gasteiger partial charge >= 0.3 is 0 Å². The van der Waals surface area contributed by atoms with E-state index in [0.717, 1.165) is 9.86 Å². The van der Waals surface area contributed by atoms with E-state index in [-0.39, 0.29) is 11.6 Å². The van der Waals surface area contributed by atoms with E-state index in [1.54, 1.807) is 16.8 Å². The number of rotatable bonds is 1. The number of halogens is 2. The van der Waals surface area contributed by atoms with Crippen LogP contribution in [0.4, 0.5) is 4.39 Å². The zero-order chi connectivity index (χ0) is 11.9. The fraction of sp³-hybridized carbons (Fsp3) is 0.250. The molecule has 1 heterocycles. The molecule has 0 aliphatic rings. The summed E-state index contributed by atoms with van der Waals surface area (Å²) in [4.78, 5) is 12.0. The highest BCUT2D eigenvalue weighted by molar-refractivity contribution is 9.10. The second kappa shape index (κ2) is 4.01. The maximum atomic E-state index is 13.1. The quantitative estimate of drug-likeness (QED) is 0.785. The van der Waals surface area contributed by atoms with E-state index in [1.807, 2.05) is 13.8 Å². The van der Waals surface area contributed by atoms with Gasteiger partial charge in [-0.2, -0.15) is 0 Å². The van der Waals surface area contributed by atoms with Crippen LogP contribution in [0.1, 0.15) is 19.9 Å². The molecule has 2 nitrogen and oxygen atoms in total. The summed E-state index contributed by atoms with van der Waals surface area (Å²) in [5.74, 6) is -0.391. The third-order valence-corrected chi connectivity index (χ3v) is 3.14. The van der Waals surface area contributed by atoms with E-state index >= 15 is 0 Å². The van der Waals surface area contributed by atoms with Gasteiger partial charge in [-0.3, -0.25) is 4.79 Å². The Kier molecular flexibility index (Phi) is 2.84. The topological polar surface area (TPSA) is 22.0 Å². The molecule has 0 unspecified atom stereocenters. The predicted molar refractivity (Wildman–Crippen MR) is 66.3 cm³/mol. The van der Waals surface area contributed by atoms with Crippen LogP contribution in [-0.2, 0) is 0 Å². The van der Waals surface area contributed by atoms with E-state index in [1.165, 1.54) is 12.1 Å². The first-order valence-corrected chi connectivity index (χ1v) is 5.80. The lowest BCUT2D eigenvalue weighted by Crippen LogP contribution is -2.21. The third-order valence-electron chi connectivity index (χ3n) is 2.51. The molecule has 0 radical (unpaired) electrons. The van der Waals surface area contributed by atoms with Crippen LogP contribution >= 0.6 is 15.9 Å². The molecule has 0 N–H and O–H groups in total. The molecule has 84 valence electrons. The minimum atomic E-state index is -0.391. The van der Waals surface area contributed by atoms with Crippen LogP contribution in [0.25, 0.3) is 10.8 Å². The molecule has 0 spiro atoms. The summed E-state index contributed by atoms with van der Waals surface area (Å²) < 4.78 is 15.5. The maximum absolute atomic E-state index is 13.1. The first-order chi connectivity index (χ1) is 7.50. The van der Waals surface area contributed by atoms with Crippen molar-refractivity contribution >= 4 is 26.7 Å². The molecule has 0 atom stereocenters. The lowest BCUT2D eigenvalue weighted by Gasteiger charge is -2.12. The normalized spacial score (nSPS) is 11.3. The van der Waals surface area contributed by atoms with Crippen molar-refractivity contribution in [3.63, 3.8) is 0 Å². The predicted octanol–water partition coefficient (Wildman–Crippen LogP) is 3.48. The number of hydrogen-bond donors (Lipinski definition) is 0. The van der Waals surface area contributed by atoms with Crippen molar-refractivity contribution in [2.24, 2.45) is 0 Å². The Hall–Kier alpha value is -1.16. The van der Waals surface area contributed by atoms with Crippen molar-refractivity contribution in [3.8, 4) is 0 Å². The van der Waals surface area contributed by atoms with E-state index in [9.17, 15) is 9.18 Å². The standard InChI is InChI=1S/C12H11BrFNO/c1-7(2)15-6-11(13)9-4-3-8(14)5-10(9)12(15)16/h3-7H,1-2H3. The van der Waals surface area contributed by atoms with Gasteiger partial charge in [0, 0.05) is 22.1 Å². The van der Waals surface area contributed by atoms with Gasteiger partial charge in [-0.15, -0.1) is 0 Å². The highest BCUT2D eigenvalue weighted by Gasteiger charge is 2.09. The van der Waals surface area contributed by atoms with E-state index in [2.05, 4.69) is 15.9 Å². The van der Waals surface area contributed by atoms with Gasteiger partial charge in [0.15, 0.2) is 0 Å². The molecule has 2 rings (SSSR count). The minimum absolute atomic E-state index is 0.0523. The number of benzene rings is 1. The highest BCUT2D eigenvalue weighted by atomic mass is 79.9. The van der Waals surface area contributed by atoms with Crippen LogP contribution in [0.2, 0.25) is 0 Å². The SMILES string of the molecule is CC(C)n1cc(Br)c2ccc(F)cc2c1=O. The second-order valence-electron chi connectivity index (χ2n) is 3.97. The number of hydrogen-bond acceptors (Lipinski definition) is 1. The van der Waals surface area contributed by atoms with Gasteiger partial charge in [-0.1, -0.05) is 6.07 Å². The Balaban J connectivity index is 2.92. The molecular formula is C12H11BrFNO. The van der Waals surface area contributed by atoms with E-state index < -0.39 is 5.82 Å². The maximum Gasteiger partial charge on any atom is 0.258 e. The van der Waals surface area contributed by atoms with Gasteiger partial charge in [0.05, 0.1) is 5.39 Å². The fourth-order valence-corrected chi connectivity index (χ4v) is 2.24. The molecular weight excluding hydrogens is 273 g/mol. The Bertz CT molecular complexity index is 604. The monoisotopic (exact) mass is 283 g/mol. The Morgan fingerprint density at radius 3 is 2.62 bits per heavy atom. The zero-order valence-corrected chi connectivity index (χ0v) is 10.6. The van der Waals surface area contributed by atoms with Crippen molar-refractivity contribution < 1.29 is 4.39 Å². The fourth-order valence-electron chi connectivity index (χ4n) is 1.67. The lowest BCUT2D eigenvalue weighted by molar-refractivity contribution is 0.580. The summed E-state index contributed by atoms with van der Waals surface area (Å²) in [6, 6.07) is 4.30. The van der Waals surface area contributed by atoms with Gasteiger partial charge in [0.2, 0.25) is 0 Å². The van der Waals surface area contributed by atoms with Crippen molar-refractivity contribution in [2.75, 3.05) is 0 Å². The molecule has 0 saturated heterocycles. The van der Waals surface area contributed by atoms with Crippen LogP contribution in [0, 0.1) is 5.82 Å². The number of pyridine rings is 1. The molecule has 0 aliphatic carbocycles. The Labute approximate surface area is 101 Å². The van der Waals surface area contributed by atoms with Crippen LogP contribution in [0.15, 0.2) is 33.7 Å². The van der Waals surface area contributed by atoms with Crippen molar-refractivity contribution in [2.45, 2.75) is 19.9 Å². The van der Waals surface area contributed by atoms with Gasteiger partial charge in [0.25, 0.3) is 5.56 Å². The molecule has 1 aromatic heterocycles. The summed E-state index contributed by atoms with van der Waals surface area (Å²) in [6.45, 7) is 3.83. The summed E-state index contributed by atoms with van der Waals surface area (Å²) in [5.41, 5.74) is -0.160. The van der Waals surface area contributed by atoms with Gasteiger partial charge in [-0.05, 0) is 41.9 Å². The summed E-state index contributed by atoms with van der Waals surface area (Å²) >= 11 is 3.39. The molecule has 0 fully saturated rings. The van der Waals surface area contributed by atoms with Crippen molar-refractivity contribution in [1.82, 2.24) is 4.57 Å². The highest BCUT2D eigenvalue weighted by Crippen LogP contribution is 2.22. The Morgan fingerprint density at radius 2 is 2.00 bits per heavy atom. The average molecular weight is 284 g/mol. The largest absolute Gasteiger partial charge is 0.311 e. The van der Waals surface area contributed by atoms with Gasteiger partial charge < -0.3 is 4.57 Å². The van der Waals surface area contributed by atoms with E-state index in [4.69, 9.17) is 0 Å². The van der Waals surface area contributed by atoms with Crippen LogP contribution in [-0.4, -0.2) is 4.57 Å². The first-order valence-electron chi connectivity index (χ1n) is 5.00. The molecule has 0 amide bonds. The molecule has 4 heteroatoms. The minimum Gasteiger partial charge on any atom is -0.311 e. The Morgan fingerprint density at radius 1 is 1.31 bits per heavy atom. The summed E-state index contributed by atoms with van der Waals surface area (Å²) in [7, 11) is 0. The van der Waals surface area contributed by atoms with Gasteiger partial charge in [0.1, 0.15) is 5.82 Å². The number of aromatic nitrogens is 1. The van der Waals surface area contributed by atoms with E-state index in [0.29, 0.717) is 5.39 Å². The molecule has 0 aliphatic heterocycles. The first kappa shape index (κ1) is 11.3. The van der Waals surface area contributed by atoms with Crippen molar-refractivity contribution in [1.29, 1.82) is 0 Å². The summed E-state index contributed by atoms with van der Waals surface area (Å²) in [6.07, 6.45) is 1.74. The third kappa shape index (κ3) is 1.78. The molecule has 1 aromatic carbocycles. The smallest absolute Gasteiger partial charge is 0.258 e. The van der Waals surface area contributed by atoms with Crippen LogP contribution in [0.5, 0.6) is 0 Å². The molecule has 0 bridgehead atoms. The zero-order valence-electron chi connectivity index (χ0n) is 9.00. The molecule has 2 aromatic rings. The van der Waals surface area contributed by atoms with Crippen molar-refractivity contribution in [3.05, 3.63) is 45.0 Å². The van der Waals surface area contributed by atoms with Crippen LogP contribution < -0.4 is 5.56 Å². The summed E-state index contributed by atoms with van der Waals surface area (Å²) in [5, 5.41) is 1.14.